The van der Waals surface area contributed by atoms with Gasteiger partial charge in [0.2, 0.25) is 0 Å². The molecule has 0 saturated carbocycles. The zero-order valence-electron chi connectivity index (χ0n) is 7.84. The van der Waals surface area contributed by atoms with Crippen LogP contribution < -0.4 is 10.5 Å². The molecule has 14 heavy (non-hydrogen) atoms. The molecule has 0 heterocycles. The minimum atomic E-state index is 0.347. The Morgan fingerprint density at radius 2 is 2.00 bits per heavy atom. The first kappa shape index (κ1) is 11.1. The zero-order valence-corrected chi connectivity index (χ0v) is 9.36. The molecular weight excluding hydrogens is 223 g/mol. The standard InChI is InChI=1S/C9H10Cl2N2O/c1-13-9(12)5-3-7(11)8(14-2)4-6(5)10/h3-4H,1-2H3,(H2,12,13). The number of amidine groups is 1. The molecule has 0 atom stereocenters. The molecule has 0 fully saturated rings. The quantitative estimate of drug-likeness (QED) is 0.629. The van der Waals surface area contributed by atoms with Crippen molar-refractivity contribution >= 4 is 29.0 Å². The van der Waals surface area contributed by atoms with Gasteiger partial charge >= 0.3 is 0 Å². The zero-order chi connectivity index (χ0) is 10.7. The lowest BCUT2D eigenvalue weighted by Crippen LogP contribution is -2.13. The summed E-state index contributed by atoms with van der Waals surface area (Å²) in [6.45, 7) is 0. The Morgan fingerprint density at radius 1 is 1.36 bits per heavy atom. The first-order valence-corrected chi connectivity index (χ1v) is 4.61. The monoisotopic (exact) mass is 232 g/mol. The van der Waals surface area contributed by atoms with Gasteiger partial charge in [0, 0.05) is 18.7 Å². The number of nitrogens with two attached hydrogens (primary N) is 1. The van der Waals surface area contributed by atoms with Crippen molar-refractivity contribution in [3.63, 3.8) is 0 Å². The largest absolute Gasteiger partial charge is 0.495 e. The molecule has 0 bridgehead atoms. The van der Waals surface area contributed by atoms with Crippen molar-refractivity contribution in [3.8, 4) is 5.75 Å². The van der Waals surface area contributed by atoms with Gasteiger partial charge in [-0.25, -0.2) is 0 Å². The molecule has 0 amide bonds. The highest BCUT2D eigenvalue weighted by molar-refractivity contribution is 6.36. The van der Waals surface area contributed by atoms with Gasteiger partial charge in [-0.15, -0.1) is 0 Å². The summed E-state index contributed by atoms with van der Waals surface area (Å²) in [7, 11) is 3.11. The van der Waals surface area contributed by atoms with Gasteiger partial charge in [-0.1, -0.05) is 23.2 Å². The molecule has 0 aromatic heterocycles. The van der Waals surface area contributed by atoms with Crippen LogP contribution in [0.4, 0.5) is 0 Å². The van der Waals surface area contributed by atoms with E-state index in [2.05, 4.69) is 4.99 Å². The minimum Gasteiger partial charge on any atom is -0.495 e. The fraction of sp³-hybridized carbons (Fsp3) is 0.222. The Kier molecular flexibility index (Phi) is 3.61. The predicted molar refractivity (Wildman–Crippen MR) is 59.7 cm³/mol. The van der Waals surface area contributed by atoms with Gasteiger partial charge < -0.3 is 10.5 Å². The van der Waals surface area contributed by atoms with Crippen LogP contribution in [0.3, 0.4) is 0 Å². The van der Waals surface area contributed by atoms with Crippen LogP contribution in [0.5, 0.6) is 5.75 Å². The lowest BCUT2D eigenvalue weighted by atomic mass is 10.2. The summed E-state index contributed by atoms with van der Waals surface area (Å²) in [5, 5.41) is 0.924. The van der Waals surface area contributed by atoms with Gasteiger partial charge in [-0.2, -0.15) is 0 Å². The number of hydrogen-bond acceptors (Lipinski definition) is 2. The van der Waals surface area contributed by atoms with Gasteiger partial charge in [0.25, 0.3) is 0 Å². The van der Waals surface area contributed by atoms with Crippen molar-refractivity contribution in [2.24, 2.45) is 10.7 Å². The molecule has 76 valence electrons. The SMILES string of the molecule is CN=C(N)c1cc(Cl)c(OC)cc1Cl. The van der Waals surface area contributed by atoms with Crippen LogP contribution in [0.2, 0.25) is 10.0 Å². The van der Waals surface area contributed by atoms with Gasteiger partial charge in [0.15, 0.2) is 0 Å². The van der Waals surface area contributed by atoms with E-state index in [9.17, 15) is 0 Å². The third-order valence-electron chi connectivity index (χ3n) is 1.76. The summed E-state index contributed by atoms with van der Waals surface area (Å²) in [6.07, 6.45) is 0. The van der Waals surface area contributed by atoms with Gasteiger partial charge in [0.05, 0.1) is 17.2 Å². The molecule has 0 spiro atoms. The number of aliphatic imine (C=N–C) groups is 1. The molecule has 5 heteroatoms. The molecule has 0 aliphatic rings. The Labute approximate surface area is 92.5 Å². The van der Waals surface area contributed by atoms with Gasteiger partial charge in [-0.3, -0.25) is 4.99 Å². The van der Waals surface area contributed by atoms with E-state index in [0.29, 0.717) is 27.2 Å². The highest BCUT2D eigenvalue weighted by Crippen LogP contribution is 2.30. The second kappa shape index (κ2) is 4.53. The van der Waals surface area contributed by atoms with E-state index in [-0.39, 0.29) is 0 Å². The number of nitrogens with zero attached hydrogens (tertiary/aromatic N) is 1. The maximum absolute atomic E-state index is 5.95. The van der Waals surface area contributed by atoms with Crippen molar-refractivity contribution < 1.29 is 4.74 Å². The van der Waals surface area contributed by atoms with Gasteiger partial charge in [-0.05, 0) is 6.07 Å². The Morgan fingerprint density at radius 3 is 2.50 bits per heavy atom. The second-order valence-electron chi connectivity index (χ2n) is 2.58. The number of rotatable bonds is 2. The molecule has 0 aliphatic heterocycles. The summed E-state index contributed by atoms with van der Waals surface area (Å²) < 4.78 is 5.00. The molecule has 1 aromatic rings. The van der Waals surface area contributed by atoms with E-state index in [4.69, 9.17) is 33.7 Å². The summed E-state index contributed by atoms with van der Waals surface area (Å²) in [5.41, 5.74) is 6.23. The lowest BCUT2D eigenvalue weighted by Gasteiger charge is -2.07. The third-order valence-corrected chi connectivity index (χ3v) is 2.37. The van der Waals surface area contributed by atoms with Crippen LogP contribution in [0, 0.1) is 0 Å². The minimum absolute atomic E-state index is 0.347. The highest BCUT2D eigenvalue weighted by Gasteiger charge is 2.09. The normalized spacial score (nSPS) is 11.6. The van der Waals surface area contributed by atoms with Crippen molar-refractivity contribution in [1.82, 2.24) is 0 Å². The predicted octanol–water partition coefficient (Wildman–Crippen LogP) is 2.34. The molecule has 0 aliphatic carbocycles. The van der Waals surface area contributed by atoms with Crippen LogP contribution >= 0.6 is 23.2 Å². The van der Waals surface area contributed by atoms with Crippen LogP contribution in [0.1, 0.15) is 5.56 Å². The summed E-state index contributed by atoms with van der Waals surface area (Å²) in [6, 6.07) is 3.24. The lowest BCUT2D eigenvalue weighted by molar-refractivity contribution is 0.415. The van der Waals surface area contributed by atoms with E-state index in [1.807, 2.05) is 0 Å². The molecule has 1 rings (SSSR count). The molecule has 2 N–H and O–H groups in total. The van der Waals surface area contributed by atoms with Crippen LogP contribution in [0.25, 0.3) is 0 Å². The first-order chi connectivity index (χ1) is 6.60. The molecule has 3 nitrogen and oxygen atoms in total. The number of benzene rings is 1. The van der Waals surface area contributed by atoms with E-state index in [1.54, 1.807) is 19.2 Å². The Balaban J connectivity index is 3.29. The Bertz CT molecular complexity index is 377. The number of methoxy groups -OCH3 is 1. The molecule has 0 radical (unpaired) electrons. The third kappa shape index (κ3) is 2.11. The second-order valence-corrected chi connectivity index (χ2v) is 3.39. The van der Waals surface area contributed by atoms with Gasteiger partial charge in [0.1, 0.15) is 11.6 Å². The number of hydrogen-bond donors (Lipinski definition) is 1. The molecule has 0 saturated heterocycles. The first-order valence-electron chi connectivity index (χ1n) is 3.85. The van der Waals surface area contributed by atoms with Crippen molar-refractivity contribution in [3.05, 3.63) is 27.7 Å². The maximum Gasteiger partial charge on any atom is 0.138 e. The molecular formula is C9H10Cl2N2O. The van der Waals surface area contributed by atoms with Crippen LogP contribution in [0.15, 0.2) is 17.1 Å². The fourth-order valence-electron chi connectivity index (χ4n) is 1.00. The number of ether oxygens (including phenoxy) is 1. The maximum atomic E-state index is 5.95. The molecule has 0 unspecified atom stereocenters. The van der Waals surface area contributed by atoms with E-state index >= 15 is 0 Å². The summed E-state index contributed by atoms with van der Waals surface area (Å²) in [4.78, 5) is 3.83. The Hall–Kier alpha value is -0.930. The van der Waals surface area contributed by atoms with E-state index in [1.165, 1.54) is 7.11 Å². The van der Waals surface area contributed by atoms with Crippen molar-refractivity contribution in [2.45, 2.75) is 0 Å². The number of halogens is 2. The summed E-state index contributed by atoms with van der Waals surface area (Å²) in [5.74, 6) is 0.865. The van der Waals surface area contributed by atoms with Crippen LogP contribution in [-0.2, 0) is 0 Å². The topological polar surface area (TPSA) is 47.6 Å². The van der Waals surface area contributed by atoms with Crippen molar-refractivity contribution in [1.29, 1.82) is 0 Å². The highest BCUT2D eigenvalue weighted by atomic mass is 35.5. The van der Waals surface area contributed by atoms with E-state index in [0.717, 1.165) is 0 Å². The smallest absolute Gasteiger partial charge is 0.138 e. The summed E-state index contributed by atoms with van der Waals surface area (Å²) >= 11 is 11.9. The average molecular weight is 233 g/mol. The van der Waals surface area contributed by atoms with Crippen molar-refractivity contribution in [2.75, 3.05) is 14.2 Å². The van der Waals surface area contributed by atoms with Crippen LogP contribution in [-0.4, -0.2) is 20.0 Å². The van der Waals surface area contributed by atoms with E-state index < -0.39 is 0 Å². The average Bonchev–Trinajstić information content (AvgIpc) is 2.19. The fourth-order valence-corrected chi connectivity index (χ4v) is 1.49. The molecule has 1 aromatic carbocycles.